The molecule has 0 spiro atoms. The lowest BCUT2D eigenvalue weighted by atomic mass is 10.2. The predicted molar refractivity (Wildman–Crippen MR) is 68.3 cm³/mol. The lowest BCUT2D eigenvalue weighted by Gasteiger charge is -2.06. The Morgan fingerprint density at radius 1 is 1.38 bits per heavy atom. The second kappa shape index (κ2) is 4.50. The topological polar surface area (TPSA) is 36.7 Å². The molecule has 0 fully saturated rings. The molecule has 1 aromatic heterocycles. The minimum absolute atomic E-state index is 0.406. The van der Waals surface area contributed by atoms with E-state index in [1.165, 1.54) is 11.8 Å². The number of fused-ring (bicyclic) bond motifs is 1. The van der Waals surface area contributed by atoms with Gasteiger partial charge in [-0.15, -0.1) is 11.8 Å². The molecule has 0 saturated heterocycles. The van der Waals surface area contributed by atoms with E-state index >= 15 is 0 Å². The van der Waals surface area contributed by atoms with Crippen LogP contribution in [-0.2, 0) is 0 Å². The molecule has 0 N–H and O–H groups in total. The Morgan fingerprint density at radius 2 is 2.12 bits per heavy atom. The Kier molecular flexibility index (Phi) is 3.25. The summed E-state index contributed by atoms with van der Waals surface area (Å²) in [5, 5.41) is 11.4. The van der Waals surface area contributed by atoms with E-state index in [1.54, 1.807) is 18.2 Å². The molecule has 1 heterocycles. The van der Waals surface area contributed by atoms with Crippen molar-refractivity contribution in [3.63, 3.8) is 0 Å². The number of hydrogen-bond acceptors (Lipinski definition) is 3. The van der Waals surface area contributed by atoms with Crippen LogP contribution in [-0.4, -0.2) is 11.2 Å². The zero-order chi connectivity index (χ0) is 11.7. The van der Waals surface area contributed by atoms with Gasteiger partial charge < -0.3 is 0 Å². The van der Waals surface area contributed by atoms with E-state index in [9.17, 15) is 0 Å². The van der Waals surface area contributed by atoms with Crippen molar-refractivity contribution in [1.29, 1.82) is 5.26 Å². The summed E-state index contributed by atoms with van der Waals surface area (Å²) in [6.07, 6.45) is 1.86. The quantitative estimate of drug-likeness (QED) is 0.730. The van der Waals surface area contributed by atoms with Crippen molar-refractivity contribution in [2.24, 2.45) is 0 Å². The fourth-order valence-corrected chi connectivity index (χ4v) is 2.47. The second-order valence-corrected chi connectivity index (χ2v) is 4.69. The third-order valence-electron chi connectivity index (χ3n) is 2.16. The maximum Gasteiger partial charge on any atom is 0.116 e. The molecule has 5 heteroatoms. The zero-order valence-corrected chi connectivity index (χ0v) is 10.6. The van der Waals surface area contributed by atoms with Crippen LogP contribution in [0.4, 0.5) is 0 Å². The van der Waals surface area contributed by atoms with Gasteiger partial charge in [0.2, 0.25) is 0 Å². The molecule has 2 nitrogen and oxygen atoms in total. The maximum absolute atomic E-state index is 9.04. The van der Waals surface area contributed by atoms with Crippen molar-refractivity contribution < 1.29 is 0 Å². The minimum atomic E-state index is 0.406. The first-order valence-corrected chi connectivity index (χ1v) is 6.38. The summed E-state index contributed by atoms with van der Waals surface area (Å²) >= 11 is 13.5. The van der Waals surface area contributed by atoms with Gasteiger partial charge in [0, 0.05) is 10.4 Å². The molecule has 16 heavy (non-hydrogen) atoms. The molecular weight excluding hydrogens is 263 g/mol. The number of hydrogen-bond donors (Lipinski definition) is 0. The normalized spacial score (nSPS) is 10.4. The van der Waals surface area contributed by atoms with Crippen LogP contribution in [0.5, 0.6) is 0 Å². The van der Waals surface area contributed by atoms with Crippen LogP contribution in [0.25, 0.3) is 10.9 Å². The summed E-state index contributed by atoms with van der Waals surface area (Å²) in [6.45, 7) is 0. The van der Waals surface area contributed by atoms with Gasteiger partial charge in [-0.25, -0.2) is 4.98 Å². The molecule has 1 aromatic carbocycles. The standard InChI is InChI=1S/C11H6Cl2N2S/c1-16-11-8(5-14)10(13)7-4-6(12)2-3-9(7)15-11/h2-4H,1H3. The van der Waals surface area contributed by atoms with Crippen molar-refractivity contribution in [2.45, 2.75) is 5.03 Å². The first-order valence-electron chi connectivity index (χ1n) is 4.40. The number of benzene rings is 1. The average Bonchev–Trinajstić information content (AvgIpc) is 2.29. The summed E-state index contributed by atoms with van der Waals surface area (Å²) in [5.74, 6) is 0. The molecule has 0 bridgehead atoms. The van der Waals surface area contributed by atoms with E-state index in [-0.39, 0.29) is 0 Å². The number of pyridine rings is 1. The van der Waals surface area contributed by atoms with Gasteiger partial charge in [-0.2, -0.15) is 5.26 Å². The van der Waals surface area contributed by atoms with E-state index in [0.717, 1.165) is 5.52 Å². The number of halogens is 2. The van der Waals surface area contributed by atoms with Gasteiger partial charge in [-0.3, -0.25) is 0 Å². The van der Waals surface area contributed by atoms with E-state index in [1.807, 2.05) is 6.26 Å². The van der Waals surface area contributed by atoms with Gasteiger partial charge >= 0.3 is 0 Å². The highest BCUT2D eigenvalue weighted by Crippen LogP contribution is 2.32. The van der Waals surface area contributed by atoms with Crippen molar-refractivity contribution >= 4 is 45.9 Å². The van der Waals surface area contributed by atoms with Crippen LogP contribution in [0.2, 0.25) is 10.0 Å². The van der Waals surface area contributed by atoms with Crippen LogP contribution in [0.3, 0.4) is 0 Å². The summed E-state index contributed by atoms with van der Waals surface area (Å²) < 4.78 is 0. The molecule has 0 aliphatic carbocycles. The van der Waals surface area contributed by atoms with Crippen molar-refractivity contribution in [2.75, 3.05) is 6.26 Å². The Bertz CT molecular complexity index is 605. The highest BCUT2D eigenvalue weighted by Gasteiger charge is 2.12. The molecule has 80 valence electrons. The second-order valence-electron chi connectivity index (χ2n) is 3.08. The summed E-state index contributed by atoms with van der Waals surface area (Å²) in [4.78, 5) is 4.36. The third kappa shape index (κ3) is 1.84. The molecule has 0 unspecified atom stereocenters. The van der Waals surface area contributed by atoms with Gasteiger partial charge in [-0.05, 0) is 24.5 Å². The molecule has 0 amide bonds. The van der Waals surface area contributed by atoms with Gasteiger partial charge in [0.15, 0.2) is 0 Å². The third-order valence-corrected chi connectivity index (χ3v) is 3.47. The fourth-order valence-electron chi connectivity index (χ4n) is 1.42. The maximum atomic E-state index is 9.04. The number of nitriles is 1. The lowest BCUT2D eigenvalue weighted by Crippen LogP contribution is -1.90. The van der Waals surface area contributed by atoms with Crippen LogP contribution in [0.15, 0.2) is 23.2 Å². The Labute approximate surface area is 107 Å². The van der Waals surface area contributed by atoms with Crippen LogP contribution < -0.4 is 0 Å². The highest BCUT2D eigenvalue weighted by molar-refractivity contribution is 7.98. The number of rotatable bonds is 1. The zero-order valence-electron chi connectivity index (χ0n) is 8.29. The first-order chi connectivity index (χ1) is 7.67. The minimum Gasteiger partial charge on any atom is -0.240 e. The van der Waals surface area contributed by atoms with Gasteiger partial charge in [0.1, 0.15) is 16.7 Å². The summed E-state index contributed by atoms with van der Waals surface area (Å²) in [7, 11) is 0. The Morgan fingerprint density at radius 3 is 2.75 bits per heavy atom. The van der Waals surface area contributed by atoms with Gasteiger partial charge in [0.25, 0.3) is 0 Å². The molecular formula is C11H6Cl2N2S. The molecule has 2 rings (SSSR count). The summed E-state index contributed by atoms with van der Waals surface area (Å²) in [6, 6.07) is 7.34. The van der Waals surface area contributed by atoms with Gasteiger partial charge in [0.05, 0.1) is 10.5 Å². The fraction of sp³-hybridized carbons (Fsp3) is 0.0909. The molecule has 0 aliphatic heterocycles. The van der Waals surface area contributed by atoms with E-state index < -0.39 is 0 Å². The van der Waals surface area contributed by atoms with Crippen LogP contribution >= 0.6 is 35.0 Å². The van der Waals surface area contributed by atoms with E-state index in [2.05, 4.69) is 11.1 Å². The Hall–Kier alpha value is -0.950. The lowest BCUT2D eigenvalue weighted by molar-refractivity contribution is 1.17. The van der Waals surface area contributed by atoms with Gasteiger partial charge in [-0.1, -0.05) is 23.2 Å². The predicted octanol–water partition coefficient (Wildman–Crippen LogP) is 4.14. The van der Waals surface area contributed by atoms with E-state index in [0.29, 0.717) is 26.0 Å². The molecule has 0 saturated carbocycles. The van der Waals surface area contributed by atoms with Crippen LogP contribution in [0.1, 0.15) is 5.56 Å². The number of nitrogens with zero attached hydrogens (tertiary/aromatic N) is 2. The summed E-state index contributed by atoms with van der Waals surface area (Å²) in [5.41, 5.74) is 1.15. The van der Waals surface area contributed by atoms with Crippen LogP contribution in [0, 0.1) is 11.3 Å². The molecule has 0 radical (unpaired) electrons. The van der Waals surface area contributed by atoms with E-state index in [4.69, 9.17) is 28.5 Å². The largest absolute Gasteiger partial charge is 0.240 e. The smallest absolute Gasteiger partial charge is 0.116 e. The average molecular weight is 269 g/mol. The highest BCUT2D eigenvalue weighted by atomic mass is 35.5. The Balaban J connectivity index is 2.89. The molecule has 0 atom stereocenters. The van der Waals surface area contributed by atoms with Crippen molar-refractivity contribution in [3.05, 3.63) is 33.8 Å². The van der Waals surface area contributed by atoms with Crippen molar-refractivity contribution in [3.8, 4) is 6.07 Å². The molecule has 0 aliphatic rings. The SMILES string of the molecule is CSc1nc2ccc(Cl)cc2c(Cl)c1C#N. The first kappa shape index (κ1) is 11.5. The molecule has 2 aromatic rings. The monoisotopic (exact) mass is 268 g/mol. The van der Waals surface area contributed by atoms with Crippen molar-refractivity contribution in [1.82, 2.24) is 4.98 Å². The number of aromatic nitrogens is 1. The number of thioether (sulfide) groups is 1.